The largest absolute Gasteiger partial charge is 0.358 e. The number of carbonyl (C=O) groups is 1. The molecular weight excluding hydrogens is 226 g/mol. The molecule has 0 amide bonds. The van der Waals surface area contributed by atoms with Gasteiger partial charge in [-0.2, -0.15) is 0 Å². The minimum absolute atomic E-state index is 0.585. The number of anilines is 1. The van der Waals surface area contributed by atoms with Gasteiger partial charge in [-0.05, 0) is 38.1 Å². The van der Waals surface area contributed by atoms with Crippen LogP contribution in [0.15, 0.2) is 18.3 Å². The molecule has 4 heteroatoms. The molecule has 1 aliphatic rings. The number of aldehydes is 1. The van der Waals surface area contributed by atoms with Gasteiger partial charge in [-0.1, -0.05) is 6.92 Å². The normalized spacial score (nSPS) is 20.0. The molecule has 2 heterocycles. The molecule has 98 valence electrons. The fraction of sp³-hybridized carbons (Fsp3) is 0.571. The van der Waals surface area contributed by atoms with E-state index in [1.807, 2.05) is 13.1 Å². The second-order valence-corrected chi connectivity index (χ2v) is 4.84. The number of carbonyl (C=O) groups excluding carboxylic acids is 1. The highest BCUT2D eigenvalue weighted by atomic mass is 16.1. The van der Waals surface area contributed by atoms with Crippen LogP contribution < -0.4 is 4.90 Å². The lowest BCUT2D eigenvalue weighted by Gasteiger charge is -2.28. The van der Waals surface area contributed by atoms with Crippen LogP contribution in [-0.2, 0) is 0 Å². The van der Waals surface area contributed by atoms with Gasteiger partial charge in [0.25, 0.3) is 0 Å². The van der Waals surface area contributed by atoms with Gasteiger partial charge in [-0.3, -0.25) is 9.69 Å². The number of hydrogen-bond donors (Lipinski definition) is 0. The second kappa shape index (κ2) is 5.96. The molecule has 1 saturated heterocycles. The number of nitrogens with zero attached hydrogens (tertiary/aromatic N) is 3. The van der Waals surface area contributed by atoms with E-state index in [2.05, 4.69) is 21.7 Å². The monoisotopic (exact) mass is 247 g/mol. The molecule has 1 aromatic heterocycles. The summed E-state index contributed by atoms with van der Waals surface area (Å²) >= 11 is 0. The maximum absolute atomic E-state index is 11.0. The fourth-order valence-corrected chi connectivity index (χ4v) is 2.74. The summed E-state index contributed by atoms with van der Waals surface area (Å²) in [7, 11) is 2.02. The lowest BCUT2D eigenvalue weighted by molar-refractivity contribution is 0.112. The van der Waals surface area contributed by atoms with Crippen LogP contribution in [0.2, 0.25) is 0 Å². The van der Waals surface area contributed by atoms with Crippen LogP contribution >= 0.6 is 0 Å². The quantitative estimate of drug-likeness (QED) is 0.744. The Morgan fingerprint density at radius 3 is 3.17 bits per heavy atom. The molecule has 0 aromatic carbocycles. The molecule has 18 heavy (non-hydrogen) atoms. The molecule has 1 fully saturated rings. The van der Waals surface area contributed by atoms with Crippen LogP contribution in [-0.4, -0.2) is 48.9 Å². The lowest BCUT2D eigenvalue weighted by Crippen LogP contribution is -2.39. The third-order valence-corrected chi connectivity index (χ3v) is 3.70. The summed E-state index contributed by atoms with van der Waals surface area (Å²) < 4.78 is 0. The average Bonchev–Trinajstić information content (AvgIpc) is 2.85. The number of pyridine rings is 1. The van der Waals surface area contributed by atoms with Gasteiger partial charge in [0.1, 0.15) is 5.82 Å². The summed E-state index contributed by atoms with van der Waals surface area (Å²) in [5.41, 5.74) is 0.668. The second-order valence-electron chi connectivity index (χ2n) is 4.84. The summed E-state index contributed by atoms with van der Waals surface area (Å²) in [5.74, 6) is 0.787. The molecule has 0 bridgehead atoms. The number of likely N-dealkylation sites (N-methyl/N-ethyl adjacent to an activating group) is 2. The molecule has 1 atom stereocenters. The van der Waals surface area contributed by atoms with Crippen LogP contribution in [0.3, 0.4) is 0 Å². The van der Waals surface area contributed by atoms with Crippen molar-refractivity contribution in [2.75, 3.05) is 31.6 Å². The minimum atomic E-state index is 0.585. The highest BCUT2D eigenvalue weighted by Gasteiger charge is 2.24. The Bertz CT molecular complexity index is 408. The van der Waals surface area contributed by atoms with Crippen molar-refractivity contribution in [2.24, 2.45) is 0 Å². The maximum atomic E-state index is 11.0. The van der Waals surface area contributed by atoms with Crippen molar-refractivity contribution in [2.45, 2.75) is 25.8 Å². The first-order valence-electron chi connectivity index (χ1n) is 6.61. The lowest BCUT2D eigenvalue weighted by atomic mass is 10.2. The summed E-state index contributed by atoms with van der Waals surface area (Å²) in [6.07, 6.45) is 5.13. The molecular formula is C14H21N3O. The molecule has 0 saturated carbocycles. The predicted molar refractivity (Wildman–Crippen MR) is 73.2 cm³/mol. The fourth-order valence-electron chi connectivity index (χ4n) is 2.74. The number of hydrogen-bond acceptors (Lipinski definition) is 4. The topological polar surface area (TPSA) is 36.4 Å². The van der Waals surface area contributed by atoms with Crippen molar-refractivity contribution in [1.29, 1.82) is 0 Å². The van der Waals surface area contributed by atoms with E-state index in [9.17, 15) is 4.79 Å². The maximum Gasteiger partial charge on any atom is 0.153 e. The summed E-state index contributed by atoms with van der Waals surface area (Å²) in [4.78, 5) is 19.9. The van der Waals surface area contributed by atoms with Gasteiger partial charge in [0, 0.05) is 25.8 Å². The van der Waals surface area contributed by atoms with E-state index in [0.717, 1.165) is 25.2 Å². The third-order valence-electron chi connectivity index (χ3n) is 3.70. The highest BCUT2D eigenvalue weighted by molar-refractivity contribution is 5.82. The van der Waals surface area contributed by atoms with E-state index in [1.54, 1.807) is 12.3 Å². The first-order valence-corrected chi connectivity index (χ1v) is 6.61. The zero-order chi connectivity index (χ0) is 13.0. The van der Waals surface area contributed by atoms with Crippen molar-refractivity contribution >= 4 is 12.1 Å². The van der Waals surface area contributed by atoms with Crippen molar-refractivity contribution < 1.29 is 4.79 Å². The Balaban J connectivity index is 2.07. The summed E-state index contributed by atoms with van der Waals surface area (Å²) in [6.45, 7) is 5.43. The Labute approximate surface area is 109 Å². The van der Waals surface area contributed by atoms with Crippen molar-refractivity contribution in [3.05, 3.63) is 23.9 Å². The van der Waals surface area contributed by atoms with E-state index in [0.29, 0.717) is 11.6 Å². The van der Waals surface area contributed by atoms with E-state index in [1.165, 1.54) is 19.4 Å². The SMILES string of the molecule is CCN1CCCC1CN(C)c1ncccc1C=O. The third kappa shape index (κ3) is 2.70. The molecule has 4 nitrogen and oxygen atoms in total. The van der Waals surface area contributed by atoms with Crippen LogP contribution in [0.4, 0.5) is 5.82 Å². The highest BCUT2D eigenvalue weighted by Crippen LogP contribution is 2.20. The van der Waals surface area contributed by atoms with Crippen molar-refractivity contribution in [3.63, 3.8) is 0 Å². The van der Waals surface area contributed by atoms with Gasteiger partial charge in [-0.25, -0.2) is 4.98 Å². The smallest absolute Gasteiger partial charge is 0.153 e. The van der Waals surface area contributed by atoms with E-state index in [4.69, 9.17) is 0 Å². The van der Waals surface area contributed by atoms with Gasteiger partial charge < -0.3 is 4.90 Å². The van der Waals surface area contributed by atoms with Crippen LogP contribution in [0.5, 0.6) is 0 Å². The van der Waals surface area contributed by atoms with Gasteiger partial charge in [0.2, 0.25) is 0 Å². The number of likely N-dealkylation sites (tertiary alicyclic amines) is 1. The first kappa shape index (κ1) is 13.0. The average molecular weight is 247 g/mol. The molecule has 0 aliphatic carbocycles. The zero-order valence-electron chi connectivity index (χ0n) is 11.2. The Morgan fingerprint density at radius 1 is 1.61 bits per heavy atom. The Hall–Kier alpha value is -1.42. The first-order chi connectivity index (χ1) is 8.76. The van der Waals surface area contributed by atoms with E-state index in [-0.39, 0.29) is 0 Å². The number of rotatable bonds is 5. The predicted octanol–water partition coefficient (Wildman–Crippen LogP) is 1.81. The zero-order valence-corrected chi connectivity index (χ0v) is 11.2. The van der Waals surface area contributed by atoms with Crippen molar-refractivity contribution in [3.8, 4) is 0 Å². The van der Waals surface area contributed by atoms with E-state index >= 15 is 0 Å². The Morgan fingerprint density at radius 2 is 2.44 bits per heavy atom. The molecule has 0 spiro atoms. The van der Waals surface area contributed by atoms with Gasteiger partial charge >= 0.3 is 0 Å². The van der Waals surface area contributed by atoms with E-state index < -0.39 is 0 Å². The van der Waals surface area contributed by atoms with Gasteiger partial charge in [0.05, 0.1) is 5.56 Å². The molecule has 1 aromatic rings. The molecule has 2 rings (SSSR count). The van der Waals surface area contributed by atoms with Crippen molar-refractivity contribution in [1.82, 2.24) is 9.88 Å². The molecule has 1 aliphatic heterocycles. The van der Waals surface area contributed by atoms with Crippen LogP contribution in [0.25, 0.3) is 0 Å². The minimum Gasteiger partial charge on any atom is -0.358 e. The summed E-state index contributed by atoms with van der Waals surface area (Å²) in [5, 5.41) is 0. The molecule has 0 radical (unpaired) electrons. The van der Waals surface area contributed by atoms with Gasteiger partial charge in [-0.15, -0.1) is 0 Å². The standard InChI is InChI=1S/C14H21N3O/c1-3-17-9-5-7-13(17)10-16(2)14-12(11-18)6-4-8-15-14/h4,6,8,11,13H,3,5,7,9-10H2,1-2H3. The van der Waals surface area contributed by atoms with Crippen LogP contribution in [0.1, 0.15) is 30.1 Å². The number of aromatic nitrogens is 1. The molecule has 1 unspecified atom stereocenters. The summed E-state index contributed by atoms with van der Waals surface area (Å²) in [6, 6.07) is 4.20. The van der Waals surface area contributed by atoms with Crippen LogP contribution in [0, 0.1) is 0 Å². The van der Waals surface area contributed by atoms with Gasteiger partial charge in [0.15, 0.2) is 6.29 Å². The Kier molecular flexibility index (Phi) is 4.31. The molecule has 0 N–H and O–H groups in total.